The van der Waals surface area contributed by atoms with Gasteiger partial charge in [-0.25, -0.2) is 17.8 Å². The molecule has 51 heavy (non-hydrogen) atoms. The number of imidazole rings is 1. The Hall–Kier alpha value is -3.89. The van der Waals surface area contributed by atoms with Crippen LogP contribution in [0.2, 0.25) is 10.0 Å². The van der Waals surface area contributed by atoms with Crippen LogP contribution in [0.15, 0.2) is 59.5 Å². The SMILES string of the molecule is C[C@H]1CN(C(=O)Cn2cc(N3CCCS3(=O)=O)n3c(=O)c(OCc4ccccc4)c(C(=O)SC(C=O)Cc4ccc(Cl)c(Cl)c4)nc23)C[C@H](C)O1. The lowest BCUT2D eigenvalue weighted by Crippen LogP contribution is -2.49. The minimum atomic E-state index is -3.80. The van der Waals surface area contributed by atoms with Crippen molar-refractivity contribution in [3.63, 3.8) is 0 Å². The van der Waals surface area contributed by atoms with Gasteiger partial charge in [0.25, 0.3) is 0 Å². The molecule has 3 atom stereocenters. The maximum atomic E-state index is 14.5. The zero-order valence-electron chi connectivity index (χ0n) is 27.7. The number of thioether (sulfide) groups is 1. The van der Waals surface area contributed by atoms with Crippen molar-refractivity contribution in [1.29, 1.82) is 0 Å². The topological polar surface area (TPSA) is 150 Å². The van der Waals surface area contributed by atoms with E-state index in [2.05, 4.69) is 4.98 Å². The van der Waals surface area contributed by atoms with Crippen LogP contribution in [0.4, 0.5) is 5.82 Å². The molecule has 0 spiro atoms. The molecular weight excluding hydrogens is 741 g/mol. The van der Waals surface area contributed by atoms with E-state index in [-0.39, 0.29) is 67.3 Å². The average Bonchev–Trinajstić information content (AvgIpc) is 3.63. The molecule has 17 heteroatoms. The number of hydrogen-bond donors (Lipinski definition) is 0. The number of anilines is 1. The minimum Gasteiger partial charge on any atom is -0.481 e. The van der Waals surface area contributed by atoms with Crippen LogP contribution >= 0.6 is 35.0 Å². The molecule has 270 valence electrons. The molecule has 2 saturated heterocycles. The Morgan fingerprint density at radius 1 is 1.08 bits per heavy atom. The summed E-state index contributed by atoms with van der Waals surface area (Å²) in [4.78, 5) is 60.6. The molecule has 0 bridgehead atoms. The Bertz CT molecular complexity index is 2130. The number of morpholine rings is 1. The van der Waals surface area contributed by atoms with Gasteiger partial charge in [0.2, 0.25) is 32.6 Å². The largest absolute Gasteiger partial charge is 0.481 e. The third kappa shape index (κ3) is 8.12. The van der Waals surface area contributed by atoms with Crippen molar-refractivity contribution < 1.29 is 32.3 Å². The van der Waals surface area contributed by atoms with Crippen molar-refractivity contribution in [2.75, 3.05) is 29.7 Å². The highest BCUT2D eigenvalue weighted by Gasteiger charge is 2.35. The van der Waals surface area contributed by atoms with E-state index in [9.17, 15) is 27.6 Å². The Balaban J connectivity index is 1.45. The number of fused-ring (bicyclic) bond motifs is 1. The summed E-state index contributed by atoms with van der Waals surface area (Å²) in [7, 11) is -3.80. The molecule has 2 aromatic heterocycles. The third-order valence-electron chi connectivity index (χ3n) is 8.46. The summed E-state index contributed by atoms with van der Waals surface area (Å²) in [5, 5.41) is -1.01. The van der Waals surface area contributed by atoms with Crippen LogP contribution < -0.4 is 14.6 Å². The number of rotatable bonds is 11. The second-order valence-electron chi connectivity index (χ2n) is 12.4. The number of sulfonamides is 1. The van der Waals surface area contributed by atoms with E-state index in [0.29, 0.717) is 58.7 Å². The molecular formula is C34H35Cl2N5O8S2. The minimum absolute atomic E-state index is 0.0295. The molecule has 13 nitrogen and oxygen atoms in total. The fourth-order valence-electron chi connectivity index (χ4n) is 6.17. The molecule has 2 fully saturated rings. The molecule has 0 N–H and O–H groups in total. The van der Waals surface area contributed by atoms with Crippen LogP contribution in [-0.2, 0) is 43.9 Å². The summed E-state index contributed by atoms with van der Waals surface area (Å²) in [6, 6.07) is 13.8. The van der Waals surface area contributed by atoms with E-state index in [4.69, 9.17) is 32.7 Å². The second-order valence-corrected chi connectivity index (χ2v) is 16.5. The van der Waals surface area contributed by atoms with Crippen molar-refractivity contribution in [2.45, 2.75) is 57.3 Å². The first-order valence-corrected chi connectivity index (χ1v) is 19.5. The molecule has 0 saturated carbocycles. The van der Waals surface area contributed by atoms with Crippen LogP contribution in [0.3, 0.4) is 0 Å². The van der Waals surface area contributed by atoms with Crippen LogP contribution in [0.25, 0.3) is 5.78 Å². The molecule has 6 rings (SSSR count). The number of halogens is 2. The Labute approximate surface area is 308 Å². The summed E-state index contributed by atoms with van der Waals surface area (Å²) in [6.45, 7) is 4.09. The smallest absolute Gasteiger partial charge is 0.303 e. The van der Waals surface area contributed by atoms with E-state index in [1.54, 1.807) is 47.4 Å². The van der Waals surface area contributed by atoms with Crippen molar-refractivity contribution in [3.8, 4) is 5.75 Å². The number of hydrogen-bond acceptors (Lipinski definition) is 10. The number of amides is 1. The van der Waals surface area contributed by atoms with Gasteiger partial charge in [0.15, 0.2) is 5.69 Å². The predicted octanol–water partition coefficient (Wildman–Crippen LogP) is 4.24. The number of nitrogens with zero attached hydrogens (tertiary/aromatic N) is 5. The fourth-order valence-corrected chi connectivity index (χ4v) is 8.89. The summed E-state index contributed by atoms with van der Waals surface area (Å²) >= 11 is 12.9. The van der Waals surface area contributed by atoms with E-state index in [1.165, 1.54) is 10.8 Å². The molecule has 0 radical (unpaired) electrons. The Kier molecular flexibility index (Phi) is 11.1. The molecule has 4 aromatic rings. The number of aromatic nitrogens is 3. The molecule has 2 aliphatic heterocycles. The number of aldehydes is 1. The summed E-state index contributed by atoms with van der Waals surface area (Å²) in [5.74, 6) is -1.03. The van der Waals surface area contributed by atoms with Crippen LogP contribution in [0, 0.1) is 0 Å². The first-order valence-electron chi connectivity index (χ1n) is 16.2. The number of carbonyl (C=O) groups excluding carboxylic acids is 3. The van der Waals surface area contributed by atoms with Gasteiger partial charge in [0.05, 0.1) is 39.5 Å². The van der Waals surface area contributed by atoms with Gasteiger partial charge >= 0.3 is 5.56 Å². The summed E-state index contributed by atoms with van der Waals surface area (Å²) in [6.07, 6.45) is 2.05. The summed E-state index contributed by atoms with van der Waals surface area (Å²) < 4.78 is 41.6. The maximum Gasteiger partial charge on any atom is 0.303 e. The Morgan fingerprint density at radius 3 is 2.45 bits per heavy atom. The first kappa shape index (κ1) is 36.9. The number of ether oxygens (including phenoxy) is 2. The molecule has 1 unspecified atom stereocenters. The van der Waals surface area contributed by atoms with E-state index >= 15 is 0 Å². The molecule has 0 aliphatic carbocycles. The molecule has 4 heterocycles. The molecule has 2 aromatic carbocycles. The monoisotopic (exact) mass is 775 g/mol. The van der Waals surface area contributed by atoms with E-state index in [1.807, 2.05) is 19.9 Å². The van der Waals surface area contributed by atoms with Crippen LogP contribution in [-0.4, -0.2) is 87.4 Å². The second kappa shape index (κ2) is 15.4. The lowest BCUT2D eigenvalue weighted by Gasteiger charge is -2.35. The lowest BCUT2D eigenvalue weighted by atomic mass is 10.1. The van der Waals surface area contributed by atoms with Gasteiger partial charge in [0, 0.05) is 19.6 Å². The lowest BCUT2D eigenvalue weighted by molar-refractivity contribution is -0.143. The highest BCUT2D eigenvalue weighted by atomic mass is 35.5. The van der Waals surface area contributed by atoms with Crippen molar-refractivity contribution in [3.05, 3.63) is 91.9 Å². The van der Waals surface area contributed by atoms with Gasteiger partial charge in [-0.3, -0.25) is 18.7 Å². The zero-order chi connectivity index (χ0) is 36.4. The maximum absolute atomic E-state index is 14.5. The van der Waals surface area contributed by atoms with Gasteiger partial charge in [0.1, 0.15) is 25.3 Å². The van der Waals surface area contributed by atoms with Crippen LogP contribution in [0.1, 0.15) is 41.9 Å². The highest BCUT2D eigenvalue weighted by Crippen LogP contribution is 2.30. The van der Waals surface area contributed by atoms with Gasteiger partial charge in [-0.05, 0) is 49.9 Å². The Morgan fingerprint density at radius 2 is 1.80 bits per heavy atom. The fraction of sp³-hybridized carbons (Fsp3) is 0.382. The third-order valence-corrected chi connectivity index (χ3v) is 12.0. The van der Waals surface area contributed by atoms with Gasteiger partial charge < -0.3 is 23.7 Å². The number of benzene rings is 2. The van der Waals surface area contributed by atoms with Gasteiger partial charge in [-0.1, -0.05) is 71.4 Å². The zero-order valence-corrected chi connectivity index (χ0v) is 30.9. The summed E-state index contributed by atoms with van der Waals surface area (Å²) in [5.41, 5.74) is 0.126. The van der Waals surface area contributed by atoms with E-state index in [0.717, 1.165) is 8.71 Å². The number of carbonyl (C=O) groups is 3. The molecule has 2 aliphatic rings. The van der Waals surface area contributed by atoms with Crippen molar-refractivity contribution >= 4 is 73.9 Å². The normalized spacial score (nSPS) is 19.3. The van der Waals surface area contributed by atoms with E-state index < -0.39 is 31.7 Å². The van der Waals surface area contributed by atoms with Crippen LogP contribution in [0.5, 0.6) is 5.75 Å². The highest BCUT2D eigenvalue weighted by molar-refractivity contribution is 8.15. The van der Waals surface area contributed by atoms with Gasteiger partial charge in [-0.2, -0.15) is 0 Å². The van der Waals surface area contributed by atoms with Gasteiger partial charge in [-0.15, -0.1) is 0 Å². The van der Waals surface area contributed by atoms with Crippen molar-refractivity contribution in [1.82, 2.24) is 18.9 Å². The quantitative estimate of drug-likeness (QED) is 0.203. The standard InChI is InChI=1S/C34H35Cl2N5O8S2/c1-21-15-38(16-22(2)49-21)29(43)18-39-17-28(40-11-6-12-51(40,46)47)41-32(44)31(48-20-23-7-4-3-5-8-23)30(37-34(39)41)33(45)50-25(19-42)13-24-9-10-26(35)27(36)14-24/h3-5,7-10,14,17,19,21-22,25H,6,11-13,15-16,18,20H2,1-2H3/t21-,22-,25?/m0/s1. The average molecular weight is 777 g/mol. The van der Waals surface area contributed by atoms with Crippen molar-refractivity contribution in [2.24, 2.45) is 0 Å². The first-order chi connectivity index (χ1) is 24.3. The molecule has 1 amide bonds. The predicted molar refractivity (Wildman–Crippen MR) is 195 cm³/mol.